The van der Waals surface area contributed by atoms with Crippen molar-refractivity contribution in [3.05, 3.63) is 23.8 Å². The van der Waals surface area contributed by atoms with E-state index in [0.717, 1.165) is 24.3 Å². The van der Waals surface area contributed by atoms with Crippen molar-refractivity contribution in [3.8, 4) is 0 Å². The zero-order valence-electron chi connectivity index (χ0n) is 10.7. The second kappa shape index (κ2) is 4.61. The van der Waals surface area contributed by atoms with Gasteiger partial charge in [-0.1, -0.05) is 0 Å². The van der Waals surface area contributed by atoms with Gasteiger partial charge in [0.1, 0.15) is 0 Å². The van der Waals surface area contributed by atoms with Crippen LogP contribution in [0.15, 0.2) is 18.2 Å². The van der Waals surface area contributed by atoms with E-state index in [2.05, 4.69) is 34.7 Å². The molecule has 1 aromatic carbocycles. The Morgan fingerprint density at radius 2 is 2.33 bits per heavy atom. The van der Waals surface area contributed by atoms with E-state index in [4.69, 9.17) is 0 Å². The number of likely N-dealkylation sites (N-methyl/N-ethyl adjacent to an activating group) is 1. The quantitative estimate of drug-likeness (QED) is 0.845. The van der Waals surface area contributed by atoms with Crippen molar-refractivity contribution < 1.29 is 4.79 Å². The van der Waals surface area contributed by atoms with Crippen LogP contribution >= 0.6 is 0 Å². The van der Waals surface area contributed by atoms with Gasteiger partial charge >= 0.3 is 0 Å². The van der Waals surface area contributed by atoms with Gasteiger partial charge in [0.2, 0.25) is 5.91 Å². The van der Waals surface area contributed by atoms with Crippen molar-refractivity contribution in [3.63, 3.8) is 0 Å². The summed E-state index contributed by atoms with van der Waals surface area (Å²) in [5.74, 6) is 0.0993. The molecule has 2 N–H and O–H groups in total. The molecule has 2 aliphatic heterocycles. The highest BCUT2D eigenvalue weighted by atomic mass is 16.1. The maximum atomic E-state index is 11.3. The van der Waals surface area contributed by atoms with E-state index in [0.29, 0.717) is 12.5 Å². The summed E-state index contributed by atoms with van der Waals surface area (Å²) in [4.78, 5) is 13.6. The minimum atomic E-state index is 0.0993. The van der Waals surface area contributed by atoms with Gasteiger partial charge in [-0.3, -0.25) is 4.79 Å². The average molecular weight is 245 g/mol. The number of carbonyl (C=O) groups excluding carboxylic acids is 1. The molecule has 4 nitrogen and oxygen atoms in total. The van der Waals surface area contributed by atoms with Crippen LogP contribution in [0.1, 0.15) is 18.4 Å². The van der Waals surface area contributed by atoms with Gasteiger partial charge in [0, 0.05) is 31.0 Å². The van der Waals surface area contributed by atoms with Crippen LogP contribution in [0.25, 0.3) is 0 Å². The van der Waals surface area contributed by atoms with Gasteiger partial charge in [0.05, 0.1) is 6.42 Å². The molecule has 2 aliphatic rings. The molecular weight excluding hydrogens is 226 g/mol. The Kier molecular flexibility index (Phi) is 2.96. The molecule has 0 radical (unpaired) electrons. The molecule has 96 valence electrons. The van der Waals surface area contributed by atoms with Gasteiger partial charge in [0.25, 0.3) is 0 Å². The van der Waals surface area contributed by atoms with Crippen LogP contribution in [0.4, 0.5) is 11.4 Å². The monoisotopic (exact) mass is 245 g/mol. The largest absolute Gasteiger partial charge is 0.373 e. The Morgan fingerprint density at radius 3 is 3.11 bits per heavy atom. The van der Waals surface area contributed by atoms with Crippen molar-refractivity contribution in [1.82, 2.24) is 5.32 Å². The van der Waals surface area contributed by atoms with E-state index in [9.17, 15) is 4.79 Å². The molecule has 1 unspecified atom stereocenters. The molecule has 0 aromatic heterocycles. The lowest BCUT2D eigenvalue weighted by molar-refractivity contribution is -0.115. The van der Waals surface area contributed by atoms with Crippen LogP contribution in [0, 0.1) is 0 Å². The van der Waals surface area contributed by atoms with E-state index in [1.807, 2.05) is 6.07 Å². The van der Waals surface area contributed by atoms with Gasteiger partial charge in [-0.25, -0.2) is 0 Å². The zero-order valence-corrected chi connectivity index (χ0v) is 10.7. The summed E-state index contributed by atoms with van der Waals surface area (Å²) < 4.78 is 0. The van der Waals surface area contributed by atoms with Gasteiger partial charge in [-0.05, 0) is 43.1 Å². The molecule has 0 aliphatic carbocycles. The summed E-state index contributed by atoms with van der Waals surface area (Å²) >= 11 is 0. The maximum Gasteiger partial charge on any atom is 0.228 e. The predicted octanol–water partition coefficient (Wildman–Crippen LogP) is 1.37. The fraction of sp³-hybridized carbons (Fsp3) is 0.500. The highest BCUT2D eigenvalue weighted by Crippen LogP contribution is 2.27. The molecule has 4 heteroatoms. The van der Waals surface area contributed by atoms with E-state index in [-0.39, 0.29) is 5.91 Å². The lowest BCUT2D eigenvalue weighted by atomic mass is 10.1. The number of hydrogen-bond donors (Lipinski definition) is 2. The van der Waals surface area contributed by atoms with Crippen molar-refractivity contribution in [2.75, 3.05) is 30.4 Å². The first kappa shape index (κ1) is 11.5. The van der Waals surface area contributed by atoms with Crippen LogP contribution < -0.4 is 15.5 Å². The Hall–Kier alpha value is -1.55. The minimum Gasteiger partial charge on any atom is -0.373 e. The third kappa shape index (κ3) is 2.20. The molecule has 0 bridgehead atoms. The fourth-order valence-electron chi connectivity index (χ4n) is 2.80. The van der Waals surface area contributed by atoms with Crippen LogP contribution in [0.3, 0.4) is 0 Å². The number of amides is 1. The number of hydrogen-bond acceptors (Lipinski definition) is 3. The number of nitrogens with one attached hydrogen (secondary N) is 2. The van der Waals surface area contributed by atoms with Crippen molar-refractivity contribution in [1.29, 1.82) is 0 Å². The second-order valence-electron chi connectivity index (χ2n) is 5.24. The number of rotatable bonds is 3. The highest BCUT2D eigenvalue weighted by molar-refractivity contribution is 5.99. The van der Waals surface area contributed by atoms with E-state index in [1.165, 1.54) is 18.5 Å². The van der Waals surface area contributed by atoms with Crippen LogP contribution in [0.2, 0.25) is 0 Å². The molecular formula is C14H19N3O. The minimum absolute atomic E-state index is 0.0993. The van der Waals surface area contributed by atoms with Gasteiger partial charge in [-0.2, -0.15) is 0 Å². The summed E-state index contributed by atoms with van der Waals surface area (Å²) in [5, 5.41) is 6.38. The molecule has 0 spiro atoms. The van der Waals surface area contributed by atoms with Gasteiger partial charge in [0.15, 0.2) is 0 Å². The third-order valence-corrected chi connectivity index (χ3v) is 3.81. The summed E-state index contributed by atoms with van der Waals surface area (Å²) in [6.45, 7) is 2.17. The molecule has 18 heavy (non-hydrogen) atoms. The Morgan fingerprint density at radius 1 is 1.44 bits per heavy atom. The van der Waals surface area contributed by atoms with Gasteiger partial charge < -0.3 is 15.5 Å². The summed E-state index contributed by atoms with van der Waals surface area (Å²) in [6, 6.07) is 6.82. The SMILES string of the molecule is CN(CC1CCCN1)c1ccc2c(c1)CC(=O)N2. The number of fused-ring (bicyclic) bond motifs is 1. The Balaban J connectivity index is 1.72. The van der Waals surface area contributed by atoms with E-state index in [1.54, 1.807) is 0 Å². The van der Waals surface area contributed by atoms with E-state index < -0.39 is 0 Å². The number of benzene rings is 1. The van der Waals surface area contributed by atoms with Gasteiger partial charge in [-0.15, -0.1) is 0 Å². The summed E-state index contributed by atoms with van der Waals surface area (Å²) in [7, 11) is 2.12. The van der Waals surface area contributed by atoms with E-state index >= 15 is 0 Å². The molecule has 1 amide bonds. The molecule has 1 aromatic rings. The predicted molar refractivity (Wildman–Crippen MR) is 73.1 cm³/mol. The molecule has 1 atom stereocenters. The van der Waals surface area contributed by atoms with Crippen molar-refractivity contribution >= 4 is 17.3 Å². The Labute approximate surface area is 107 Å². The van der Waals surface area contributed by atoms with Crippen molar-refractivity contribution in [2.24, 2.45) is 0 Å². The smallest absolute Gasteiger partial charge is 0.228 e. The zero-order chi connectivity index (χ0) is 12.5. The maximum absolute atomic E-state index is 11.3. The Bertz CT molecular complexity index is 466. The van der Waals surface area contributed by atoms with Crippen LogP contribution in [-0.4, -0.2) is 32.1 Å². The number of nitrogens with zero attached hydrogens (tertiary/aromatic N) is 1. The highest BCUT2D eigenvalue weighted by Gasteiger charge is 2.20. The number of anilines is 2. The molecule has 1 saturated heterocycles. The summed E-state index contributed by atoms with van der Waals surface area (Å²) in [5.41, 5.74) is 3.28. The first-order valence-electron chi connectivity index (χ1n) is 6.60. The first-order valence-corrected chi connectivity index (χ1v) is 6.60. The third-order valence-electron chi connectivity index (χ3n) is 3.81. The molecule has 3 rings (SSSR count). The standard InChI is InChI=1S/C14H19N3O/c1-17(9-11-3-2-6-15-11)12-4-5-13-10(7-12)8-14(18)16-13/h4-5,7,11,15H,2-3,6,8-9H2,1H3,(H,16,18). The lowest BCUT2D eigenvalue weighted by Gasteiger charge is -2.23. The summed E-state index contributed by atoms with van der Waals surface area (Å²) in [6.07, 6.45) is 3.05. The normalized spacial score (nSPS) is 21.8. The molecule has 2 heterocycles. The average Bonchev–Trinajstić information content (AvgIpc) is 2.95. The lowest BCUT2D eigenvalue weighted by Crippen LogP contribution is -2.35. The second-order valence-corrected chi connectivity index (χ2v) is 5.24. The van der Waals surface area contributed by atoms with Crippen LogP contribution in [0.5, 0.6) is 0 Å². The first-order chi connectivity index (χ1) is 8.72. The fourth-order valence-corrected chi connectivity index (χ4v) is 2.80. The van der Waals surface area contributed by atoms with Crippen molar-refractivity contribution in [2.45, 2.75) is 25.3 Å². The molecule has 0 saturated carbocycles. The topological polar surface area (TPSA) is 44.4 Å². The van der Waals surface area contributed by atoms with Crippen LogP contribution in [-0.2, 0) is 11.2 Å². The number of carbonyl (C=O) groups is 1. The molecule has 1 fully saturated rings.